The first-order valence-electron chi connectivity index (χ1n) is 6.50. The zero-order chi connectivity index (χ0) is 15.2. The van der Waals surface area contributed by atoms with Crippen LogP contribution in [0.25, 0.3) is 0 Å². The number of amides is 1. The van der Waals surface area contributed by atoms with Crippen LogP contribution < -0.4 is 5.32 Å². The van der Waals surface area contributed by atoms with Gasteiger partial charge in [-0.3, -0.25) is 4.79 Å². The van der Waals surface area contributed by atoms with E-state index in [1.807, 2.05) is 69.1 Å². The Kier molecular flexibility index (Phi) is 5.33. The van der Waals surface area contributed by atoms with Gasteiger partial charge >= 0.3 is 0 Å². The fourth-order valence-electron chi connectivity index (χ4n) is 1.68. The van der Waals surface area contributed by atoms with E-state index in [0.29, 0.717) is 6.54 Å². The van der Waals surface area contributed by atoms with Gasteiger partial charge in [-0.05, 0) is 26.3 Å². The van der Waals surface area contributed by atoms with Crippen LogP contribution in [0.1, 0.15) is 26.3 Å². The van der Waals surface area contributed by atoms with Gasteiger partial charge in [0, 0.05) is 25.3 Å². The Morgan fingerprint density at radius 2 is 1.95 bits per heavy atom. The van der Waals surface area contributed by atoms with Crippen molar-refractivity contribution >= 4 is 5.91 Å². The standard InChI is InChI=1S/C16H21N3O/c1-16(2,3)18-15(20)14(10-17)12-19(4)11-13-8-6-5-7-9-13/h5-9,12H,11H2,1-4H3,(H,18,20)/b14-12-. The van der Waals surface area contributed by atoms with E-state index in [9.17, 15) is 4.79 Å². The molecule has 0 bridgehead atoms. The zero-order valence-corrected chi connectivity index (χ0v) is 12.5. The normalized spacial score (nSPS) is 11.7. The molecule has 0 aliphatic rings. The molecule has 0 saturated heterocycles. The minimum Gasteiger partial charge on any atom is -0.375 e. The number of nitrogens with zero attached hydrogens (tertiary/aromatic N) is 2. The van der Waals surface area contributed by atoms with Gasteiger partial charge in [-0.25, -0.2) is 0 Å². The Morgan fingerprint density at radius 1 is 1.35 bits per heavy atom. The molecular weight excluding hydrogens is 250 g/mol. The molecular formula is C16H21N3O. The largest absolute Gasteiger partial charge is 0.375 e. The monoisotopic (exact) mass is 271 g/mol. The molecule has 4 nitrogen and oxygen atoms in total. The number of benzene rings is 1. The second-order valence-electron chi connectivity index (χ2n) is 5.76. The number of carbonyl (C=O) groups is 1. The van der Waals surface area contributed by atoms with E-state index < -0.39 is 0 Å². The summed E-state index contributed by atoms with van der Waals surface area (Å²) in [6.07, 6.45) is 1.58. The van der Waals surface area contributed by atoms with Crippen LogP contribution in [0, 0.1) is 11.3 Å². The summed E-state index contributed by atoms with van der Waals surface area (Å²) < 4.78 is 0. The van der Waals surface area contributed by atoms with Gasteiger partial charge in [-0.1, -0.05) is 30.3 Å². The number of hydrogen-bond donors (Lipinski definition) is 1. The van der Waals surface area contributed by atoms with Crippen LogP contribution in [0.4, 0.5) is 0 Å². The van der Waals surface area contributed by atoms with Crippen LogP contribution in [0.15, 0.2) is 42.1 Å². The molecule has 0 aromatic heterocycles. The molecule has 0 aliphatic carbocycles. The third-order valence-corrected chi connectivity index (χ3v) is 2.48. The first-order chi connectivity index (χ1) is 9.31. The molecule has 1 amide bonds. The molecule has 0 radical (unpaired) electrons. The lowest BCUT2D eigenvalue weighted by molar-refractivity contribution is -0.118. The smallest absolute Gasteiger partial charge is 0.263 e. The Labute approximate surface area is 120 Å². The van der Waals surface area contributed by atoms with E-state index in [1.54, 1.807) is 6.20 Å². The van der Waals surface area contributed by atoms with Crippen molar-refractivity contribution in [1.29, 1.82) is 5.26 Å². The second kappa shape index (κ2) is 6.76. The van der Waals surface area contributed by atoms with Crippen LogP contribution in [0.3, 0.4) is 0 Å². The average molecular weight is 271 g/mol. The molecule has 1 aromatic rings. The number of nitrogens with one attached hydrogen (secondary N) is 1. The highest BCUT2D eigenvalue weighted by Crippen LogP contribution is 2.06. The lowest BCUT2D eigenvalue weighted by Gasteiger charge is -2.21. The molecule has 1 N–H and O–H groups in total. The molecule has 0 atom stereocenters. The summed E-state index contributed by atoms with van der Waals surface area (Å²) in [5, 5.41) is 11.9. The van der Waals surface area contributed by atoms with Crippen molar-refractivity contribution in [2.45, 2.75) is 32.9 Å². The Morgan fingerprint density at radius 3 is 2.45 bits per heavy atom. The molecule has 0 unspecified atom stereocenters. The fraction of sp³-hybridized carbons (Fsp3) is 0.375. The number of rotatable bonds is 4. The second-order valence-corrected chi connectivity index (χ2v) is 5.76. The summed E-state index contributed by atoms with van der Waals surface area (Å²) in [5.41, 5.74) is 0.878. The lowest BCUT2D eigenvalue weighted by Crippen LogP contribution is -2.41. The molecule has 1 aromatic carbocycles. The maximum Gasteiger partial charge on any atom is 0.263 e. The summed E-state index contributed by atoms with van der Waals surface area (Å²) in [7, 11) is 1.84. The van der Waals surface area contributed by atoms with Crippen LogP contribution >= 0.6 is 0 Å². The minimum atomic E-state index is -0.356. The summed E-state index contributed by atoms with van der Waals surface area (Å²) in [6.45, 7) is 6.30. The highest BCUT2D eigenvalue weighted by Gasteiger charge is 2.17. The van der Waals surface area contributed by atoms with Crippen molar-refractivity contribution in [1.82, 2.24) is 10.2 Å². The van der Waals surface area contributed by atoms with E-state index in [1.165, 1.54) is 0 Å². The lowest BCUT2D eigenvalue weighted by atomic mass is 10.1. The van der Waals surface area contributed by atoms with Gasteiger partial charge in [0.05, 0.1) is 0 Å². The predicted octanol–water partition coefficient (Wildman–Crippen LogP) is 2.44. The van der Waals surface area contributed by atoms with Crippen molar-refractivity contribution < 1.29 is 4.79 Å². The Bertz CT molecular complexity index is 521. The summed E-state index contributed by atoms with van der Waals surface area (Å²) in [6, 6.07) is 11.8. The molecule has 0 saturated carbocycles. The number of carbonyl (C=O) groups excluding carboxylic acids is 1. The SMILES string of the molecule is CN(/C=C(/C#N)C(=O)NC(C)(C)C)Cc1ccccc1. The van der Waals surface area contributed by atoms with Crippen LogP contribution in [-0.4, -0.2) is 23.4 Å². The molecule has 0 aliphatic heterocycles. The van der Waals surface area contributed by atoms with Gasteiger partial charge in [0.2, 0.25) is 0 Å². The van der Waals surface area contributed by atoms with Crippen LogP contribution in [-0.2, 0) is 11.3 Å². The van der Waals surface area contributed by atoms with E-state index >= 15 is 0 Å². The maximum absolute atomic E-state index is 11.9. The van der Waals surface area contributed by atoms with Gasteiger partial charge in [0.1, 0.15) is 11.6 Å². The zero-order valence-electron chi connectivity index (χ0n) is 12.5. The van der Waals surface area contributed by atoms with Gasteiger partial charge in [0.15, 0.2) is 0 Å². The van der Waals surface area contributed by atoms with Gasteiger partial charge in [0.25, 0.3) is 5.91 Å². The molecule has 1 rings (SSSR count). The molecule has 4 heteroatoms. The fourth-order valence-corrected chi connectivity index (χ4v) is 1.68. The number of nitriles is 1. The van der Waals surface area contributed by atoms with Crippen molar-refractivity contribution in [3.63, 3.8) is 0 Å². The summed E-state index contributed by atoms with van der Waals surface area (Å²) >= 11 is 0. The number of hydrogen-bond acceptors (Lipinski definition) is 3. The molecule has 0 fully saturated rings. The predicted molar refractivity (Wildman–Crippen MR) is 79.5 cm³/mol. The van der Waals surface area contributed by atoms with E-state index in [2.05, 4.69) is 5.32 Å². The molecule has 0 heterocycles. The highest BCUT2D eigenvalue weighted by molar-refractivity contribution is 5.97. The van der Waals surface area contributed by atoms with Crippen molar-refractivity contribution in [2.75, 3.05) is 7.05 Å². The first-order valence-corrected chi connectivity index (χ1v) is 6.50. The van der Waals surface area contributed by atoms with E-state index in [4.69, 9.17) is 5.26 Å². The highest BCUT2D eigenvalue weighted by atomic mass is 16.1. The molecule has 106 valence electrons. The van der Waals surface area contributed by atoms with Gasteiger partial charge in [-0.15, -0.1) is 0 Å². The quantitative estimate of drug-likeness (QED) is 0.676. The van der Waals surface area contributed by atoms with E-state index in [-0.39, 0.29) is 17.0 Å². The molecule has 0 spiro atoms. The Hall–Kier alpha value is -2.28. The summed E-state index contributed by atoms with van der Waals surface area (Å²) in [5.74, 6) is -0.347. The van der Waals surface area contributed by atoms with Crippen molar-refractivity contribution in [2.24, 2.45) is 0 Å². The molecule has 20 heavy (non-hydrogen) atoms. The first kappa shape index (κ1) is 15.8. The Balaban J connectivity index is 2.74. The van der Waals surface area contributed by atoms with Crippen molar-refractivity contribution in [3.8, 4) is 6.07 Å². The van der Waals surface area contributed by atoms with Crippen molar-refractivity contribution in [3.05, 3.63) is 47.7 Å². The third-order valence-electron chi connectivity index (χ3n) is 2.48. The maximum atomic E-state index is 11.9. The minimum absolute atomic E-state index is 0.110. The van der Waals surface area contributed by atoms with Crippen LogP contribution in [0.5, 0.6) is 0 Å². The average Bonchev–Trinajstić information content (AvgIpc) is 2.35. The van der Waals surface area contributed by atoms with E-state index in [0.717, 1.165) is 5.56 Å². The topological polar surface area (TPSA) is 56.1 Å². The van der Waals surface area contributed by atoms with Gasteiger partial charge < -0.3 is 10.2 Å². The van der Waals surface area contributed by atoms with Gasteiger partial charge in [-0.2, -0.15) is 5.26 Å². The summed E-state index contributed by atoms with van der Waals surface area (Å²) in [4.78, 5) is 13.8. The van der Waals surface area contributed by atoms with Crippen LogP contribution in [0.2, 0.25) is 0 Å². The third kappa shape index (κ3) is 5.57.